The quantitative estimate of drug-likeness (QED) is 0.491. The number of carbonyl (C=O) groups excluding carboxylic acids is 1. The Morgan fingerprint density at radius 2 is 1.35 bits per heavy atom. The smallest absolute Gasteiger partial charge is 0.261 e. The van der Waals surface area contributed by atoms with Gasteiger partial charge in [-0.15, -0.1) is 0 Å². The molecule has 1 amide bonds. The van der Waals surface area contributed by atoms with Crippen molar-refractivity contribution in [3.8, 4) is 0 Å². The number of hydrogen-bond donors (Lipinski definition) is 1. The summed E-state index contributed by atoms with van der Waals surface area (Å²) in [6.07, 6.45) is 0. The lowest BCUT2D eigenvalue weighted by Gasteiger charge is -2.14. The summed E-state index contributed by atoms with van der Waals surface area (Å²) in [7, 11) is 0. The minimum absolute atomic E-state index is 0.0251. The van der Waals surface area contributed by atoms with E-state index in [1.54, 1.807) is 18.2 Å². The maximum Gasteiger partial charge on any atom is 0.261 e. The molecule has 0 aliphatic carbocycles. The second kappa shape index (κ2) is 6.36. The Bertz CT molecular complexity index is 744. The molecule has 0 saturated heterocycles. The Balaban J connectivity index is 2.48. The highest BCUT2D eigenvalue weighted by atomic mass is 19.2. The largest absolute Gasteiger partial charge is 0.322 e. The van der Waals surface area contributed by atoms with Crippen molar-refractivity contribution in [3.63, 3.8) is 0 Å². The molecular formula is C16H12F5NO. The number of benzene rings is 2. The third-order valence-corrected chi connectivity index (χ3v) is 3.27. The van der Waals surface area contributed by atoms with Gasteiger partial charge in [0, 0.05) is 5.69 Å². The highest BCUT2D eigenvalue weighted by Gasteiger charge is 2.30. The first kappa shape index (κ1) is 16.9. The average molecular weight is 329 g/mol. The van der Waals surface area contributed by atoms with Gasteiger partial charge in [-0.3, -0.25) is 4.79 Å². The SMILES string of the molecule is CC(C)c1ccccc1NC(=O)c1c(F)c(F)c(F)c(F)c1F. The molecule has 0 aromatic heterocycles. The highest BCUT2D eigenvalue weighted by molar-refractivity contribution is 6.05. The molecule has 1 N–H and O–H groups in total. The molecule has 0 atom stereocenters. The van der Waals surface area contributed by atoms with Crippen molar-refractivity contribution in [1.82, 2.24) is 0 Å². The van der Waals surface area contributed by atoms with Crippen molar-refractivity contribution in [3.05, 3.63) is 64.5 Å². The summed E-state index contributed by atoms with van der Waals surface area (Å²) >= 11 is 0. The second-order valence-electron chi connectivity index (χ2n) is 5.14. The number of hydrogen-bond acceptors (Lipinski definition) is 1. The molecule has 7 heteroatoms. The van der Waals surface area contributed by atoms with Crippen molar-refractivity contribution in [1.29, 1.82) is 0 Å². The Morgan fingerprint density at radius 3 is 1.87 bits per heavy atom. The molecule has 0 fully saturated rings. The number of para-hydroxylation sites is 1. The third-order valence-electron chi connectivity index (χ3n) is 3.27. The van der Waals surface area contributed by atoms with Gasteiger partial charge in [0.05, 0.1) is 0 Å². The molecule has 2 aromatic carbocycles. The first-order chi connectivity index (χ1) is 10.8. The zero-order chi connectivity index (χ0) is 17.3. The number of carbonyl (C=O) groups is 1. The predicted octanol–water partition coefficient (Wildman–Crippen LogP) is 4.76. The molecule has 0 unspecified atom stereocenters. The van der Waals surface area contributed by atoms with Crippen LogP contribution in [0.4, 0.5) is 27.6 Å². The topological polar surface area (TPSA) is 29.1 Å². The van der Waals surface area contributed by atoms with Gasteiger partial charge >= 0.3 is 0 Å². The molecule has 0 bridgehead atoms. The Labute approximate surface area is 128 Å². The maximum atomic E-state index is 13.6. The summed E-state index contributed by atoms with van der Waals surface area (Å²) < 4.78 is 66.6. The second-order valence-corrected chi connectivity index (χ2v) is 5.14. The molecule has 2 aromatic rings. The first-order valence-electron chi connectivity index (χ1n) is 6.67. The zero-order valence-electron chi connectivity index (χ0n) is 12.2. The van der Waals surface area contributed by atoms with Gasteiger partial charge in [0.15, 0.2) is 23.3 Å². The van der Waals surface area contributed by atoms with E-state index in [0.29, 0.717) is 5.56 Å². The summed E-state index contributed by atoms with van der Waals surface area (Å²) in [6.45, 7) is 3.65. The van der Waals surface area contributed by atoms with Crippen LogP contribution in [-0.4, -0.2) is 5.91 Å². The molecule has 0 saturated carbocycles. The normalized spacial score (nSPS) is 11.0. The maximum absolute atomic E-state index is 13.6. The summed E-state index contributed by atoms with van der Waals surface area (Å²) in [5.74, 6) is -12.4. The monoisotopic (exact) mass is 329 g/mol. The minimum atomic E-state index is -2.31. The van der Waals surface area contributed by atoms with Crippen LogP contribution in [0, 0.1) is 29.1 Å². The van der Waals surface area contributed by atoms with Crippen molar-refractivity contribution in [2.24, 2.45) is 0 Å². The van der Waals surface area contributed by atoms with Crippen molar-refractivity contribution in [2.45, 2.75) is 19.8 Å². The third kappa shape index (κ3) is 3.04. The van der Waals surface area contributed by atoms with Gasteiger partial charge in [0.1, 0.15) is 5.56 Å². The van der Waals surface area contributed by atoms with E-state index in [9.17, 15) is 26.7 Å². The van der Waals surface area contributed by atoms with Gasteiger partial charge in [-0.25, -0.2) is 22.0 Å². The summed E-state index contributed by atoms with van der Waals surface area (Å²) in [5, 5.41) is 2.19. The summed E-state index contributed by atoms with van der Waals surface area (Å²) in [6, 6.07) is 6.42. The van der Waals surface area contributed by atoms with Gasteiger partial charge in [-0.2, -0.15) is 0 Å². The van der Waals surface area contributed by atoms with E-state index in [2.05, 4.69) is 5.32 Å². The van der Waals surface area contributed by atoms with E-state index in [1.807, 2.05) is 13.8 Å². The molecule has 122 valence electrons. The van der Waals surface area contributed by atoms with Crippen LogP contribution < -0.4 is 5.32 Å². The van der Waals surface area contributed by atoms with Gasteiger partial charge in [-0.1, -0.05) is 32.0 Å². The first-order valence-corrected chi connectivity index (χ1v) is 6.67. The molecule has 0 aliphatic heterocycles. The van der Waals surface area contributed by atoms with Crippen LogP contribution in [0.3, 0.4) is 0 Å². The van der Waals surface area contributed by atoms with Crippen molar-refractivity contribution < 1.29 is 26.7 Å². The van der Waals surface area contributed by atoms with Crippen molar-refractivity contribution in [2.75, 3.05) is 5.32 Å². The number of halogens is 5. The van der Waals surface area contributed by atoms with E-state index < -0.39 is 40.6 Å². The van der Waals surface area contributed by atoms with Gasteiger partial charge in [0.25, 0.3) is 5.91 Å². The van der Waals surface area contributed by atoms with Crippen LogP contribution in [0.5, 0.6) is 0 Å². The van der Waals surface area contributed by atoms with Gasteiger partial charge in [0.2, 0.25) is 5.82 Å². The fourth-order valence-corrected chi connectivity index (χ4v) is 2.10. The fraction of sp³-hybridized carbons (Fsp3) is 0.188. The van der Waals surface area contributed by atoms with Crippen LogP contribution in [0.1, 0.15) is 35.7 Å². The molecule has 0 spiro atoms. The summed E-state index contributed by atoms with van der Waals surface area (Å²) in [4.78, 5) is 12.0. The molecule has 0 heterocycles. The van der Waals surface area contributed by atoms with E-state index >= 15 is 0 Å². The van der Waals surface area contributed by atoms with E-state index in [-0.39, 0.29) is 11.6 Å². The van der Waals surface area contributed by atoms with Crippen molar-refractivity contribution >= 4 is 11.6 Å². The van der Waals surface area contributed by atoms with Crippen LogP contribution in [0.2, 0.25) is 0 Å². The number of rotatable bonds is 3. The predicted molar refractivity (Wildman–Crippen MR) is 74.7 cm³/mol. The standard InChI is InChI=1S/C16H12F5NO/c1-7(2)8-5-3-4-6-9(8)22-16(23)10-11(17)13(19)15(21)14(20)12(10)18/h3-7H,1-2H3,(H,22,23). The van der Waals surface area contributed by atoms with Crippen LogP contribution in [0.15, 0.2) is 24.3 Å². The Morgan fingerprint density at radius 1 is 0.870 bits per heavy atom. The van der Waals surface area contributed by atoms with E-state index in [0.717, 1.165) is 0 Å². The van der Waals surface area contributed by atoms with Gasteiger partial charge < -0.3 is 5.32 Å². The fourth-order valence-electron chi connectivity index (χ4n) is 2.10. The lowest BCUT2D eigenvalue weighted by atomic mass is 10.0. The molecule has 2 rings (SSSR count). The molecular weight excluding hydrogens is 317 g/mol. The van der Waals surface area contributed by atoms with E-state index in [1.165, 1.54) is 6.07 Å². The Kier molecular flexibility index (Phi) is 4.68. The lowest BCUT2D eigenvalue weighted by Crippen LogP contribution is -2.20. The van der Waals surface area contributed by atoms with Crippen LogP contribution in [-0.2, 0) is 0 Å². The lowest BCUT2D eigenvalue weighted by molar-refractivity contribution is 0.101. The molecule has 0 radical (unpaired) electrons. The molecule has 23 heavy (non-hydrogen) atoms. The summed E-state index contributed by atoms with van der Waals surface area (Å²) in [5.41, 5.74) is -0.624. The molecule has 0 aliphatic rings. The number of nitrogens with one attached hydrogen (secondary N) is 1. The molecule has 2 nitrogen and oxygen atoms in total. The highest BCUT2D eigenvalue weighted by Crippen LogP contribution is 2.27. The van der Waals surface area contributed by atoms with Crippen LogP contribution in [0.25, 0.3) is 0 Å². The van der Waals surface area contributed by atoms with Gasteiger partial charge in [-0.05, 0) is 17.5 Å². The Hall–Kier alpha value is -2.44. The number of anilines is 1. The van der Waals surface area contributed by atoms with E-state index in [4.69, 9.17) is 0 Å². The van der Waals surface area contributed by atoms with Crippen LogP contribution >= 0.6 is 0 Å². The minimum Gasteiger partial charge on any atom is -0.322 e. The zero-order valence-corrected chi connectivity index (χ0v) is 12.2. The number of amides is 1. The average Bonchev–Trinajstić information content (AvgIpc) is 2.51.